The molecule has 1 fully saturated rings. The Labute approximate surface area is 204 Å². The van der Waals surface area contributed by atoms with E-state index in [1.54, 1.807) is 54.0 Å². The second-order valence-corrected chi connectivity index (χ2v) is 8.73. The number of urea groups is 1. The number of halogens is 2. The predicted molar refractivity (Wildman–Crippen MR) is 122 cm³/mol. The van der Waals surface area contributed by atoms with Gasteiger partial charge < -0.3 is 10.0 Å². The first-order valence-corrected chi connectivity index (χ1v) is 11.2. The highest BCUT2D eigenvalue weighted by molar-refractivity contribution is 5.94. The van der Waals surface area contributed by atoms with Gasteiger partial charge in [0.25, 0.3) is 6.33 Å². The molecule has 36 heavy (non-hydrogen) atoms. The third kappa shape index (κ3) is 4.17. The monoisotopic (exact) mass is 496 g/mol. The van der Waals surface area contributed by atoms with Gasteiger partial charge in [-0.25, -0.2) is 22.8 Å². The van der Waals surface area contributed by atoms with Crippen molar-refractivity contribution in [3.05, 3.63) is 78.6 Å². The minimum atomic E-state index is -1.90. The summed E-state index contributed by atoms with van der Waals surface area (Å²) in [4.78, 5) is 16.5. The summed E-state index contributed by atoms with van der Waals surface area (Å²) in [5.41, 5.74) is -0.630. The van der Waals surface area contributed by atoms with Crippen molar-refractivity contribution in [3.63, 3.8) is 0 Å². The Morgan fingerprint density at radius 2 is 1.89 bits per heavy atom. The molecular weight excluding hydrogens is 472 g/mol. The molecule has 11 nitrogen and oxygen atoms in total. The Balaban J connectivity index is 1.43. The maximum Gasteiger partial charge on any atom is 0.324 e. The number of hydrogen-bond donors (Lipinski definition) is 1. The molecule has 1 saturated heterocycles. The standard InChI is InChI=1S/C23H24F2N9O2/c1-16(23(36,12-31-15-30(2)14-27-31)20-8-3-17(24)11-21(20)25)32-9-10-33(22(32)35)18-4-6-19(7-5-18)34-13-26-28-29-34/h3-8,11,13-16,36H,9-10,12H2,1-2H3/q+1/t16-,23-/m1/s1. The van der Waals surface area contributed by atoms with E-state index in [1.807, 2.05) is 0 Å². The van der Waals surface area contributed by atoms with Crippen LogP contribution in [0.4, 0.5) is 19.3 Å². The minimum absolute atomic E-state index is 0.119. The van der Waals surface area contributed by atoms with Gasteiger partial charge in [-0.05, 0) is 47.7 Å². The molecule has 0 unspecified atom stereocenters. The van der Waals surface area contributed by atoms with E-state index in [0.717, 1.165) is 17.8 Å². The van der Waals surface area contributed by atoms with Crippen LogP contribution in [0, 0.1) is 11.6 Å². The van der Waals surface area contributed by atoms with Crippen LogP contribution >= 0.6 is 0 Å². The zero-order valence-electron chi connectivity index (χ0n) is 19.6. The first-order valence-electron chi connectivity index (χ1n) is 11.2. The molecular formula is C23H24F2N9O2+. The zero-order chi connectivity index (χ0) is 25.4. The van der Waals surface area contributed by atoms with E-state index in [4.69, 9.17) is 0 Å². The molecule has 0 aliphatic carbocycles. The van der Waals surface area contributed by atoms with Gasteiger partial charge in [0.05, 0.1) is 18.8 Å². The number of nitrogens with zero attached hydrogens (tertiary/aromatic N) is 9. The molecule has 1 aliphatic rings. The number of carbonyl (C=O) groups is 1. The Morgan fingerprint density at radius 3 is 2.53 bits per heavy atom. The second kappa shape index (κ2) is 9.07. The molecule has 0 saturated carbocycles. The van der Waals surface area contributed by atoms with Crippen LogP contribution < -0.4 is 9.47 Å². The van der Waals surface area contributed by atoms with E-state index in [1.165, 1.54) is 33.0 Å². The Morgan fingerprint density at radius 1 is 1.14 bits per heavy atom. The van der Waals surface area contributed by atoms with Crippen molar-refractivity contribution in [2.24, 2.45) is 7.05 Å². The quantitative estimate of drug-likeness (QED) is 0.385. The Bertz CT molecular complexity index is 1380. The third-order valence-corrected chi connectivity index (χ3v) is 6.47. The molecule has 1 aliphatic heterocycles. The van der Waals surface area contributed by atoms with Crippen molar-refractivity contribution in [2.75, 3.05) is 18.0 Å². The smallest absolute Gasteiger partial charge is 0.324 e. The summed E-state index contributed by atoms with van der Waals surface area (Å²) < 4.78 is 33.2. The van der Waals surface area contributed by atoms with Crippen LogP contribution in [0.5, 0.6) is 0 Å². The van der Waals surface area contributed by atoms with Crippen molar-refractivity contribution in [2.45, 2.75) is 25.1 Å². The maximum absolute atomic E-state index is 14.9. The van der Waals surface area contributed by atoms with Crippen LogP contribution in [-0.4, -0.2) is 65.2 Å². The molecule has 186 valence electrons. The molecule has 0 radical (unpaired) electrons. The van der Waals surface area contributed by atoms with Crippen molar-refractivity contribution >= 4 is 11.7 Å². The summed E-state index contributed by atoms with van der Waals surface area (Å²) in [6.07, 6.45) is 4.63. The van der Waals surface area contributed by atoms with Crippen LogP contribution in [0.1, 0.15) is 12.5 Å². The number of hydrogen-bond acceptors (Lipinski definition) is 6. The number of aryl methyl sites for hydroxylation is 1. The molecule has 3 heterocycles. The number of benzene rings is 2. The number of carbonyl (C=O) groups excluding carboxylic acids is 1. The average Bonchev–Trinajstić information content (AvgIpc) is 3.60. The second-order valence-electron chi connectivity index (χ2n) is 8.73. The van der Waals surface area contributed by atoms with Gasteiger partial charge >= 0.3 is 6.03 Å². The molecule has 2 amide bonds. The van der Waals surface area contributed by atoms with Crippen LogP contribution in [0.3, 0.4) is 0 Å². The molecule has 5 rings (SSSR count). The number of amides is 2. The highest BCUT2D eigenvalue weighted by Gasteiger charge is 2.47. The lowest BCUT2D eigenvalue weighted by Crippen LogP contribution is -2.53. The summed E-state index contributed by atoms with van der Waals surface area (Å²) >= 11 is 0. The van der Waals surface area contributed by atoms with Gasteiger partial charge in [0.15, 0.2) is 0 Å². The van der Waals surface area contributed by atoms with Crippen molar-refractivity contribution in [3.8, 4) is 5.69 Å². The van der Waals surface area contributed by atoms with Crippen molar-refractivity contribution in [1.29, 1.82) is 0 Å². The fraction of sp³-hybridized carbons (Fsp3) is 0.304. The van der Waals surface area contributed by atoms with Gasteiger partial charge in [-0.15, -0.1) is 9.78 Å². The zero-order valence-corrected chi connectivity index (χ0v) is 19.6. The Hall–Kier alpha value is -4.26. The molecule has 1 N–H and O–H groups in total. The summed E-state index contributed by atoms with van der Waals surface area (Å²) in [5.74, 6) is -1.66. The molecule has 4 aromatic rings. The summed E-state index contributed by atoms with van der Waals surface area (Å²) in [5, 5.41) is 27.2. The summed E-state index contributed by atoms with van der Waals surface area (Å²) in [6.45, 7) is 2.16. The summed E-state index contributed by atoms with van der Waals surface area (Å²) in [6, 6.07) is 8.93. The number of aromatic nitrogens is 7. The van der Waals surface area contributed by atoms with Crippen molar-refractivity contribution in [1.82, 2.24) is 34.9 Å². The van der Waals surface area contributed by atoms with E-state index in [9.17, 15) is 18.7 Å². The third-order valence-electron chi connectivity index (χ3n) is 6.47. The fourth-order valence-corrected chi connectivity index (χ4v) is 4.50. The predicted octanol–water partition coefficient (Wildman–Crippen LogP) is 1.18. The van der Waals surface area contributed by atoms with E-state index in [2.05, 4.69) is 20.6 Å². The number of anilines is 1. The number of tetrazole rings is 1. The molecule has 0 bridgehead atoms. The Kier molecular flexibility index (Phi) is 5.92. The minimum Gasteiger partial charge on any atom is -0.379 e. The normalized spacial score (nSPS) is 16.4. The first-order chi connectivity index (χ1) is 17.3. The number of aliphatic hydroxyl groups is 1. The van der Waals surface area contributed by atoms with Gasteiger partial charge in [0.1, 0.15) is 30.1 Å². The molecule has 13 heteroatoms. The molecule has 2 aromatic heterocycles. The lowest BCUT2D eigenvalue weighted by atomic mass is 9.85. The van der Waals surface area contributed by atoms with E-state index >= 15 is 0 Å². The molecule has 2 atom stereocenters. The fourth-order valence-electron chi connectivity index (χ4n) is 4.50. The van der Waals surface area contributed by atoms with Crippen LogP contribution in [0.15, 0.2) is 61.4 Å². The SMILES string of the molecule is C[C@@H](N1CCN(c2ccc(-n3cnnn3)cc2)C1=O)[C@](O)(Cn1c[n+](C)cn1)c1ccc(F)cc1F. The van der Waals surface area contributed by atoms with E-state index < -0.39 is 23.3 Å². The summed E-state index contributed by atoms with van der Waals surface area (Å²) in [7, 11) is 1.76. The van der Waals surface area contributed by atoms with Gasteiger partial charge in [-0.3, -0.25) is 4.90 Å². The average molecular weight is 497 g/mol. The van der Waals surface area contributed by atoms with E-state index in [-0.39, 0.29) is 18.1 Å². The maximum atomic E-state index is 14.9. The van der Waals surface area contributed by atoms with E-state index in [0.29, 0.717) is 18.8 Å². The van der Waals surface area contributed by atoms with Gasteiger partial charge in [-0.1, -0.05) is 6.07 Å². The first kappa shape index (κ1) is 23.5. The lowest BCUT2D eigenvalue weighted by Gasteiger charge is -2.38. The highest BCUT2D eigenvalue weighted by Crippen LogP contribution is 2.35. The molecule has 0 spiro atoms. The topological polar surface area (TPSA) is 109 Å². The number of rotatable bonds is 7. The van der Waals surface area contributed by atoms with Crippen LogP contribution in [0.2, 0.25) is 0 Å². The highest BCUT2D eigenvalue weighted by atomic mass is 19.1. The van der Waals surface area contributed by atoms with Gasteiger partial charge in [0.2, 0.25) is 6.33 Å². The molecule has 2 aromatic carbocycles. The van der Waals surface area contributed by atoms with Gasteiger partial charge in [-0.2, -0.15) is 0 Å². The van der Waals surface area contributed by atoms with Crippen LogP contribution in [0.25, 0.3) is 5.69 Å². The van der Waals surface area contributed by atoms with Crippen molar-refractivity contribution < 1.29 is 23.2 Å². The largest absolute Gasteiger partial charge is 0.379 e. The van der Waals surface area contributed by atoms with Gasteiger partial charge in [0, 0.05) is 35.5 Å². The lowest BCUT2D eigenvalue weighted by molar-refractivity contribution is -0.672. The van der Waals surface area contributed by atoms with Crippen LogP contribution in [-0.2, 0) is 19.2 Å².